The van der Waals surface area contributed by atoms with Crippen LogP contribution in [0.3, 0.4) is 0 Å². The number of nitrogens with zero attached hydrogens (tertiary/aromatic N) is 2. The highest BCUT2D eigenvalue weighted by atomic mass is 35.5. The van der Waals surface area contributed by atoms with Gasteiger partial charge in [-0.15, -0.1) is 0 Å². The Kier molecular flexibility index (Phi) is 9.34. The molecule has 0 aliphatic rings. The number of halogens is 2. The number of rotatable bonds is 6. The number of fused-ring (bicyclic) bond motifs is 6. The van der Waals surface area contributed by atoms with E-state index in [1.165, 1.54) is 13.8 Å². The summed E-state index contributed by atoms with van der Waals surface area (Å²) in [7, 11) is 0. The minimum atomic E-state index is -0.434. The Hall–Kier alpha value is -6.22. The van der Waals surface area contributed by atoms with Crippen molar-refractivity contribution in [1.29, 1.82) is 0 Å². The summed E-state index contributed by atoms with van der Waals surface area (Å²) < 4.78 is 14.3. The number of aromatic nitrogens is 2. The van der Waals surface area contributed by atoms with E-state index in [0.29, 0.717) is 55.1 Å². The Morgan fingerprint density at radius 2 is 0.827 bits per heavy atom. The Balaban J connectivity index is 0.000000162. The van der Waals surface area contributed by atoms with Crippen LogP contribution >= 0.6 is 23.2 Å². The maximum Gasteiger partial charge on any atom is 0.308 e. The van der Waals surface area contributed by atoms with Crippen molar-refractivity contribution in [1.82, 2.24) is 8.80 Å². The topological polar surface area (TPSA) is 95.6 Å². The summed E-state index contributed by atoms with van der Waals surface area (Å²) >= 11 is 11.8. The lowest BCUT2D eigenvalue weighted by atomic mass is 10.1. The van der Waals surface area contributed by atoms with E-state index in [9.17, 15) is 19.2 Å². The molecule has 8 nitrogen and oxygen atoms in total. The predicted octanol–water partition coefficient (Wildman–Crippen LogP) is 9.80. The average Bonchev–Trinajstić information content (AvgIpc) is 3.70. The van der Waals surface area contributed by atoms with Crippen LogP contribution in [0.4, 0.5) is 0 Å². The summed E-state index contributed by atoms with van der Waals surface area (Å²) in [6.45, 7) is 2.68. The molecule has 0 unspecified atom stereocenters. The molecule has 0 atom stereocenters. The molecule has 0 saturated heterocycles. The van der Waals surface area contributed by atoms with Gasteiger partial charge in [0, 0.05) is 47.2 Å². The van der Waals surface area contributed by atoms with Gasteiger partial charge < -0.3 is 18.3 Å². The molecule has 4 aromatic carbocycles. The van der Waals surface area contributed by atoms with Crippen LogP contribution in [-0.4, -0.2) is 32.3 Å². The highest BCUT2D eigenvalue weighted by Gasteiger charge is 2.22. The predicted molar refractivity (Wildman–Crippen MR) is 202 cm³/mol. The fourth-order valence-electron chi connectivity index (χ4n) is 6.14. The molecular formula is C42H28Cl2N2O6. The van der Waals surface area contributed by atoms with Gasteiger partial charge in [0.15, 0.2) is 11.5 Å². The van der Waals surface area contributed by atoms with E-state index >= 15 is 0 Å². The second kappa shape index (κ2) is 14.2. The molecule has 8 rings (SSSR count). The summed E-state index contributed by atoms with van der Waals surface area (Å²) in [5.74, 6) is -0.494. The van der Waals surface area contributed by atoms with Gasteiger partial charge in [-0.05, 0) is 83.6 Å². The summed E-state index contributed by atoms with van der Waals surface area (Å²) in [4.78, 5) is 49.2. The van der Waals surface area contributed by atoms with Crippen molar-refractivity contribution in [3.8, 4) is 11.5 Å². The van der Waals surface area contributed by atoms with Crippen molar-refractivity contribution in [3.63, 3.8) is 0 Å². The maximum atomic E-state index is 13.1. The third-order valence-electron chi connectivity index (χ3n) is 8.39. The average molecular weight is 728 g/mol. The molecule has 10 heteroatoms. The van der Waals surface area contributed by atoms with Crippen molar-refractivity contribution in [2.75, 3.05) is 0 Å². The Labute approximate surface area is 307 Å². The van der Waals surface area contributed by atoms with Crippen LogP contribution in [0.1, 0.15) is 46.0 Å². The van der Waals surface area contributed by atoms with Crippen LogP contribution < -0.4 is 9.47 Å². The van der Waals surface area contributed by atoms with E-state index in [0.717, 1.165) is 21.8 Å². The normalized spacial score (nSPS) is 11.0. The molecule has 52 heavy (non-hydrogen) atoms. The lowest BCUT2D eigenvalue weighted by Gasteiger charge is -2.07. The van der Waals surface area contributed by atoms with Crippen molar-refractivity contribution in [3.05, 3.63) is 166 Å². The van der Waals surface area contributed by atoms with Gasteiger partial charge in [-0.1, -0.05) is 71.7 Å². The number of hydrogen-bond donors (Lipinski definition) is 0. The molecule has 0 bridgehead atoms. The second-order valence-electron chi connectivity index (χ2n) is 11.9. The van der Waals surface area contributed by atoms with Crippen molar-refractivity contribution >= 4 is 79.5 Å². The van der Waals surface area contributed by atoms with Crippen LogP contribution in [0, 0.1) is 0 Å². The molecule has 0 radical (unpaired) electrons. The fourth-order valence-corrected chi connectivity index (χ4v) is 6.40. The summed E-state index contributed by atoms with van der Waals surface area (Å²) in [6, 6.07) is 39.7. The quantitative estimate of drug-likeness (QED) is 0.125. The van der Waals surface area contributed by atoms with Crippen LogP contribution in [0.2, 0.25) is 10.0 Å². The number of hydrogen-bond acceptors (Lipinski definition) is 6. The Morgan fingerprint density at radius 3 is 1.19 bits per heavy atom. The number of pyridine rings is 2. The summed E-state index contributed by atoms with van der Waals surface area (Å²) in [6.07, 6.45) is 0. The van der Waals surface area contributed by atoms with Gasteiger partial charge in [-0.25, -0.2) is 0 Å². The minimum absolute atomic E-state index is 0.175. The van der Waals surface area contributed by atoms with Gasteiger partial charge in [0.05, 0.1) is 33.5 Å². The highest BCUT2D eigenvalue weighted by molar-refractivity contribution is 6.31. The molecule has 0 amide bonds. The summed E-state index contributed by atoms with van der Waals surface area (Å²) in [5, 5.41) is 3.09. The number of benzene rings is 4. The second-order valence-corrected chi connectivity index (χ2v) is 12.7. The zero-order chi connectivity index (χ0) is 36.5. The van der Waals surface area contributed by atoms with Gasteiger partial charge >= 0.3 is 11.9 Å². The molecule has 256 valence electrons. The number of esters is 2. The molecule has 0 aliphatic heterocycles. The standard InChI is InChI=1S/2C21H14ClNO3/c2*1-13(24)26-20-12-19(21(25)15-6-9-16(22)10-7-15)23-17-5-3-2-4-14(17)8-11-18(20)23/h2*2-12H,1H3. The van der Waals surface area contributed by atoms with Crippen LogP contribution in [0.15, 0.2) is 133 Å². The number of ketones is 2. The van der Waals surface area contributed by atoms with E-state index in [1.54, 1.807) is 60.7 Å². The van der Waals surface area contributed by atoms with Crippen LogP contribution in [0.5, 0.6) is 11.5 Å². The first-order valence-electron chi connectivity index (χ1n) is 16.1. The molecule has 8 aromatic rings. The zero-order valence-corrected chi connectivity index (χ0v) is 29.3. The van der Waals surface area contributed by atoms with Gasteiger partial charge in [-0.2, -0.15) is 0 Å². The van der Waals surface area contributed by atoms with Crippen LogP contribution in [0.25, 0.3) is 32.8 Å². The molecule has 0 spiro atoms. The lowest BCUT2D eigenvalue weighted by Crippen LogP contribution is -2.05. The number of ether oxygens (including phenoxy) is 2. The van der Waals surface area contributed by atoms with Crippen molar-refractivity contribution in [2.24, 2.45) is 0 Å². The molecule has 0 fully saturated rings. The van der Waals surface area contributed by atoms with E-state index in [-0.39, 0.29) is 11.6 Å². The maximum absolute atomic E-state index is 13.1. The van der Waals surface area contributed by atoms with E-state index in [2.05, 4.69) is 0 Å². The molecule has 0 aliphatic carbocycles. The largest absolute Gasteiger partial charge is 0.424 e. The number of carbonyl (C=O) groups is 4. The first-order valence-corrected chi connectivity index (χ1v) is 16.9. The van der Waals surface area contributed by atoms with Gasteiger partial charge in [0.1, 0.15) is 0 Å². The van der Waals surface area contributed by atoms with Gasteiger partial charge in [-0.3, -0.25) is 19.2 Å². The molecular weight excluding hydrogens is 699 g/mol. The minimum Gasteiger partial charge on any atom is -0.424 e. The van der Waals surface area contributed by atoms with Crippen LogP contribution in [-0.2, 0) is 9.59 Å². The first-order chi connectivity index (χ1) is 25.1. The number of carbonyl (C=O) groups excluding carboxylic acids is 4. The third-order valence-corrected chi connectivity index (χ3v) is 8.89. The fraction of sp³-hybridized carbons (Fsp3) is 0.0476. The number of para-hydroxylation sites is 2. The Bertz CT molecular complexity index is 2510. The molecule has 4 heterocycles. The van der Waals surface area contributed by atoms with Gasteiger partial charge in [0.25, 0.3) is 0 Å². The molecule has 0 N–H and O–H groups in total. The molecule has 4 aromatic heterocycles. The van der Waals surface area contributed by atoms with Crippen molar-refractivity contribution < 1.29 is 28.7 Å². The SMILES string of the molecule is CC(=O)Oc1cc(C(=O)c2ccc(Cl)cc2)n2c1ccc1ccccc12.CC(=O)Oc1cc(C(=O)c2ccc(Cl)cc2)n2c1ccc1ccccc12. The van der Waals surface area contributed by atoms with E-state index < -0.39 is 11.9 Å². The zero-order valence-electron chi connectivity index (χ0n) is 27.8. The van der Waals surface area contributed by atoms with E-state index in [1.807, 2.05) is 81.6 Å². The van der Waals surface area contributed by atoms with E-state index in [4.69, 9.17) is 32.7 Å². The third kappa shape index (κ3) is 6.65. The van der Waals surface area contributed by atoms with Crippen molar-refractivity contribution in [2.45, 2.75) is 13.8 Å². The monoisotopic (exact) mass is 726 g/mol. The van der Waals surface area contributed by atoms with Gasteiger partial charge in [0.2, 0.25) is 11.6 Å². The summed E-state index contributed by atoms with van der Waals surface area (Å²) in [5.41, 5.74) is 4.92. The smallest absolute Gasteiger partial charge is 0.308 e. The molecule has 0 saturated carbocycles. The lowest BCUT2D eigenvalue weighted by molar-refractivity contribution is -0.132. The Morgan fingerprint density at radius 1 is 0.462 bits per heavy atom. The highest BCUT2D eigenvalue weighted by Crippen LogP contribution is 2.32. The first kappa shape index (κ1) is 34.2.